The van der Waals surface area contributed by atoms with Crippen molar-refractivity contribution in [1.82, 2.24) is 10.6 Å². The molecule has 3 N–H and O–H groups in total. The van der Waals surface area contributed by atoms with Crippen LogP contribution in [0.3, 0.4) is 0 Å². The van der Waals surface area contributed by atoms with Gasteiger partial charge in [0.25, 0.3) is 0 Å². The number of carboxylic acids is 1. The number of carbonyl (C=O) groups excluding carboxylic acids is 2. The number of carbonyl (C=O) groups is 3. The normalized spacial score (nSPS) is 12.5. The lowest BCUT2D eigenvalue weighted by Crippen LogP contribution is -2.43. The molecular weight excluding hydrogens is 292 g/mol. The number of nitrogens with one attached hydrogen (secondary N) is 2. The topological polar surface area (TPSA) is 114 Å². The van der Waals surface area contributed by atoms with Gasteiger partial charge in [-0.25, -0.2) is 14.4 Å². The van der Waals surface area contributed by atoms with Gasteiger partial charge in [-0.1, -0.05) is 0 Å². The van der Waals surface area contributed by atoms with Crippen LogP contribution in [0, 0.1) is 0 Å². The highest BCUT2D eigenvalue weighted by Gasteiger charge is 2.23. The molecule has 8 nitrogen and oxygen atoms in total. The molecule has 128 valence electrons. The number of amides is 2. The Morgan fingerprint density at radius 2 is 1.73 bits per heavy atom. The van der Waals surface area contributed by atoms with Crippen LogP contribution in [0.5, 0.6) is 0 Å². The van der Waals surface area contributed by atoms with Crippen molar-refractivity contribution in [2.24, 2.45) is 0 Å². The van der Waals surface area contributed by atoms with E-state index in [9.17, 15) is 14.4 Å². The highest BCUT2D eigenvalue weighted by Crippen LogP contribution is 2.07. The first-order valence-electron chi connectivity index (χ1n) is 7.18. The third kappa shape index (κ3) is 10.8. The van der Waals surface area contributed by atoms with Crippen LogP contribution in [-0.4, -0.2) is 47.6 Å². The Hall–Kier alpha value is -1.99. The van der Waals surface area contributed by atoms with E-state index in [-0.39, 0.29) is 19.1 Å². The molecule has 0 aliphatic heterocycles. The fourth-order valence-electron chi connectivity index (χ4n) is 1.46. The zero-order valence-corrected chi connectivity index (χ0v) is 13.8. The quantitative estimate of drug-likeness (QED) is 0.618. The van der Waals surface area contributed by atoms with E-state index < -0.39 is 29.8 Å². The van der Waals surface area contributed by atoms with Gasteiger partial charge < -0.3 is 25.2 Å². The summed E-state index contributed by atoms with van der Waals surface area (Å²) in [5.74, 6) is -1.16. The lowest BCUT2D eigenvalue weighted by Gasteiger charge is -2.22. The minimum absolute atomic E-state index is 0.163. The summed E-state index contributed by atoms with van der Waals surface area (Å²) in [6, 6.07) is -1.07. The van der Waals surface area contributed by atoms with Gasteiger partial charge in [-0.05, 0) is 47.5 Å². The highest BCUT2D eigenvalue weighted by molar-refractivity contribution is 5.79. The van der Waals surface area contributed by atoms with Gasteiger partial charge in [-0.15, -0.1) is 0 Å². The Balaban J connectivity index is 4.13. The van der Waals surface area contributed by atoms with E-state index in [0.29, 0.717) is 6.42 Å². The van der Waals surface area contributed by atoms with Gasteiger partial charge >= 0.3 is 18.2 Å². The van der Waals surface area contributed by atoms with E-state index in [1.165, 1.54) is 0 Å². The first-order chi connectivity index (χ1) is 10.0. The Labute approximate surface area is 130 Å². The molecule has 0 heterocycles. The SMILES string of the molecule is CC(C)OC(=O)NCCC[C@H](NC(=O)OC(C)(C)C)C(=O)O. The molecule has 0 aromatic heterocycles. The van der Waals surface area contributed by atoms with Crippen molar-refractivity contribution in [3.8, 4) is 0 Å². The lowest BCUT2D eigenvalue weighted by atomic mass is 10.1. The fraction of sp³-hybridized carbons (Fsp3) is 0.786. The van der Waals surface area contributed by atoms with Crippen LogP contribution >= 0.6 is 0 Å². The molecule has 0 saturated heterocycles. The van der Waals surface area contributed by atoms with E-state index in [0.717, 1.165) is 0 Å². The second-order valence-electron chi connectivity index (χ2n) is 6.06. The lowest BCUT2D eigenvalue weighted by molar-refractivity contribution is -0.139. The zero-order chi connectivity index (χ0) is 17.3. The minimum atomic E-state index is -1.16. The summed E-state index contributed by atoms with van der Waals surface area (Å²) in [5.41, 5.74) is -0.699. The fourth-order valence-corrected chi connectivity index (χ4v) is 1.46. The van der Waals surface area contributed by atoms with Crippen LogP contribution in [0.1, 0.15) is 47.5 Å². The van der Waals surface area contributed by atoms with Crippen molar-refractivity contribution in [1.29, 1.82) is 0 Å². The molecule has 0 rings (SSSR count). The van der Waals surface area contributed by atoms with Gasteiger partial charge in [0.15, 0.2) is 0 Å². The maximum absolute atomic E-state index is 11.5. The van der Waals surface area contributed by atoms with E-state index in [2.05, 4.69) is 10.6 Å². The van der Waals surface area contributed by atoms with Gasteiger partial charge in [0.2, 0.25) is 0 Å². The monoisotopic (exact) mass is 318 g/mol. The maximum atomic E-state index is 11.5. The van der Waals surface area contributed by atoms with Gasteiger partial charge in [0.1, 0.15) is 11.6 Å². The molecule has 0 radical (unpaired) electrons. The number of rotatable bonds is 7. The molecule has 2 amide bonds. The molecule has 0 fully saturated rings. The molecule has 0 spiro atoms. The zero-order valence-electron chi connectivity index (χ0n) is 13.8. The summed E-state index contributed by atoms with van der Waals surface area (Å²) >= 11 is 0. The van der Waals surface area contributed by atoms with Gasteiger partial charge in [-0.2, -0.15) is 0 Å². The maximum Gasteiger partial charge on any atom is 0.408 e. The predicted octanol–water partition coefficient (Wildman–Crippen LogP) is 1.88. The van der Waals surface area contributed by atoms with Crippen molar-refractivity contribution in [3.05, 3.63) is 0 Å². The summed E-state index contributed by atoms with van der Waals surface area (Å²) in [6.45, 7) is 8.77. The first kappa shape index (κ1) is 20.0. The molecule has 0 aliphatic carbocycles. The molecule has 8 heteroatoms. The molecular formula is C14H26N2O6. The van der Waals surface area contributed by atoms with E-state index in [1.54, 1.807) is 34.6 Å². The molecule has 0 bridgehead atoms. The summed E-state index contributed by atoms with van der Waals surface area (Å²) in [7, 11) is 0. The summed E-state index contributed by atoms with van der Waals surface area (Å²) in [5, 5.41) is 13.9. The third-order valence-corrected chi connectivity index (χ3v) is 2.27. The Bertz CT molecular complexity index is 389. The first-order valence-corrected chi connectivity index (χ1v) is 7.18. The smallest absolute Gasteiger partial charge is 0.408 e. The number of carboxylic acid groups (broad SMARTS) is 1. The van der Waals surface area contributed by atoms with E-state index in [1.807, 2.05) is 0 Å². The van der Waals surface area contributed by atoms with Crippen LogP contribution in [0.15, 0.2) is 0 Å². The second kappa shape index (κ2) is 9.11. The largest absolute Gasteiger partial charge is 0.480 e. The van der Waals surface area contributed by atoms with Crippen molar-refractivity contribution >= 4 is 18.2 Å². The van der Waals surface area contributed by atoms with Crippen molar-refractivity contribution in [2.75, 3.05) is 6.54 Å². The molecule has 0 aromatic carbocycles. The average molecular weight is 318 g/mol. The summed E-state index contributed by atoms with van der Waals surface area (Å²) in [4.78, 5) is 33.9. The van der Waals surface area contributed by atoms with Gasteiger partial charge in [0, 0.05) is 6.54 Å². The summed E-state index contributed by atoms with van der Waals surface area (Å²) in [6.07, 6.45) is -1.02. The molecule has 0 unspecified atom stereocenters. The van der Waals surface area contributed by atoms with Crippen LogP contribution in [0.25, 0.3) is 0 Å². The molecule has 0 aromatic rings. The number of aliphatic carboxylic acids is 1. The van der Waals surface area contributed by atoms with Crippen LogP contribution < -0.4 is 10.6 Å². The predicted molar refractivity (Wildman–Crippen MR) is 79.6 cm³/mol. The molecule has 0 aliphatic rings. The van der Waals surface area contributed by atoms with Crippen molar-refractivity contribution in [2.45, 2.75) is 65.2 Å². The summed E-state index contributed by atoms with van der Waals surface area (Å²) < 4.78 is 9.87. The van der Waals surface area contributed by atoms with Gasteiger partial charge in [-0.3, -0.25) is 0 Å². The Morgan fingerprint density at radius 1 is 1.14 bits per heavy atom. The van der Waals surface area contributed by atoms with E-state index in [4.69, 9.17) is 14.6 Å². The Morgan fingerprint density at radius 3 is 2.18 bits per heavy atom. The number of hydrogen-bond acceptors (Lipinski definition) is 5. The van der Waals surface area contributed by atoms with E-state index >= 15 is 0 Å². The average Bonchev–Trinajstić information content (AvgIpc) is 2.29. The Kier molecular flexibility index (Phi) is 8.29. The minimum Gasteiger partial charge on any atom is -0.480 e. The van der Waals surface area contributed by atoms with Crippen molar-refractivity contribution < 1.29 is 29.0 Å². The highest BCUT2D eigenvalue weighted by atomic mass is 16.6. The number of hydrogen-bond donors (Lipinski definition) is 3. The van der Waals surface area contributed by atoms with Crippen LogP contribution in [0.4, 0.5) is 9.59 Å². The number of ether oxygens (including phenoxy) is 2. The van der Waals surface area contributed by atoms with Gasteiger partial charge in [0.05, 0.1) is 6.10 Å². The third-order valence-electron chi connectivity index (χ3n) is 2.27. The number of alkyl carbamates (subject to hydrolysis) is 2. The molecule has 1 atom stereocenters. The molecule has 22 heavy (non-hydrogen) atoms. The standard InChI is InChI=1S/C14H26N2O6/c1-9(2)21-12(19)15-8-6-7-10(11(17)18)16-13(20)22-14(3,4)5/h9-10H,6-8H2,1-5H3,(H,15,19)(H,16,20)(H,17,18)/t10-/m0/s1. The van der Waals surface area contributed by atoms with Crippen LogP contribution in [0.2, 0.25) is 0 Å². The van der Waals surface area contributed by atoms with Crippen LogP contribution in [-0.2, 0) is 14.3 Å². The molecule has 0 saturated carbocycles. The second-order valence-corrected chi connectivity index (χ2v) is 6.06. The van der Waals surface area contributed by atoms with Crippen molar-refractivity contribution in [3.63, 3.8) is 0 Å².